The third-order valence-electron chi connectivity index (χ3n) is 7.70. The smallest absolute Gasteiger partial charge is 0.173 e. The van der Waals surface area contributed by atoms with Crippen molar-refractivity contribution < 1.29 is 10.2 Å². The van der Waals surface area contributed by atoms with Gasteiger partial charge in [0.2, 0.25) is 0 Å². The number of phenols is 2. The number of aromatic nitrogens is 8. The van der Waals surface area contributed by atoms with Crippen molar-refractivity contribution in [2.45, 2.75) is 38.6 Å². The van der Waals surface area contributed by atoms with E-state index in [1.807, 2.05) is 18.2 Å². The second kappa shape index (κ2) is 12.3. The standard InChI is InChI=1S/C30H31N11O2/c1-20-33-35-37-40(20)31-18-22-8-10-28(42)26(16-22)30(39-14-12-25(13-15-39)24-6-4-3-5-7-24)27-17-23(9-11-29(27)43)19-32-41-21(2)34-36-38-41/h3-11,16-19,25,30,42-43H,12-15H2,1-2H3/b31-18+,32-19+. The highest BCUT2D eigenvalue weighted by atomic mass is 16.3. The van der Waals surface area contributed by atoms with E-state index in [-0.39, 0.29) is 11.5 Å². The topological polar surface area (TPSA) is 156 Å². The number of hydrogen-bond donors (Lipinski definition) is 2. The van der Waals surface area contributed by atoms with E-state index in [9.17, 15) is 10.2 Å². The molecular formula is C30H31N11O2. The summed E-state index contributed by atoms with van der Waals surface area (Å²) in [5, 5.41) is 53.8. The van der Waals surface area contributed by atoms with Crippen LogP contribution in [0.25, 0.3) is 0 Å². The molecule has 0 atom stereocenters. The molecular weight excluding hydrogens is 546 g/mol. The Hall–Kier alpha value is -5.30. The maximum atomic E-state index is 11.2. The number of tetrazole rings is 2. The minimum absolute atomic E-state index is 0.119. The first-order valence-corrected chi connectivity index (χ1v) is 14.0. The number of piperidine rings is 1. The summed E-state index contributed by atoms with van der Waals surface area (Å²) in [4.78, 5) is 4.97. The molecule has 1 saturated heterocycles. The van der Waals surface area contributed by atoms with Crippen LogP contribution >= 0.6 is 0 Å². The molecule has 43 heavy (non-hydrogen) atoms. The first kappa shape index (κ1) is 27.8. The molecule has 0 radical (unpaired) electrons. The molecule has 0 bridgehead atoms. The Bertz CT molecular complexity index is 1660. The molecule has 5 aromatic rings. The van der Waals surface area contributed by atoms with Gasteiger partial charge in [-0.05, 0) is 120 Å². The zero-order valence-electron chi connectivity index (χ0n) is 23.8. The summed E-state index contributed by atoms with van der Waals surface area (Å²) in [6, 6.07) is 20.7. The lowest BCUT2D eigenvalue weighted by atomic mass is 9.86. The van der Waals surface area contributed by atoms with Crippen molar-refractivity contribution in [1.29, 1.82) is 0 Å². The zero-order chi connectivity index (χ0) is 29.8. The molecule has 0 amide bonds. The van der Waals surface area contributed by atoms with Crippen molar-refractivity contribution in [1.82, 2.24) is 45.5 Å². The minimum Gasteiger partial charge on any atom is -0.508 e. The fraction of sp³-hybridized carbons (Fsp3) is 0.267. The number of hydrogen-bond acceptors (Lipinski definition) is 11. The fourth-order valence-electron chi connectivity index (χ4n) is 5.43. The number of nitrogens with zero attached hydrogens (tertiary/aromatic N) is 11. The predicted molar refractivity (Wildman–Crippen MR) is 159 cm³/mol. The van der Waals surface area contributed by atoms with Gasteiger partial charge in [-0.25, -0.2) is 0 Å². The summed E-state index contributed by atoms with van der Waals surface area (Å²) in [5.41, 5.74) is 4.13. The summed E-state index contributed by atoms with van der Waals surface area (Å²) in [6.07, 6.45) is 5.17. The van der Waals surface area contributed by atoms with Crippen LogP contribution in [0, 0.1) is 13.8 Å². The van der Waals surface area contributed by atoms with E-state index in [1.54, 1.807) is 50.5 Å². The maximum Gasteiger partial charge on any atom is 0.173 e. The third kappa shape index (κ3) is 6.16. The van der Waals surface area contributed by atoms with Gasteiger partial charge in [0.15, 0.2) is 11.6 Å². The van der Waals surface area contributed by atoms with Crippen LogP contribution in [0.3, 0.4) is 0 Å². The van der Waals surface area contributed by atoms with E-state index in [0.29, 0.717) is 28.7 Å². The normalized spacial score (nSPS) is 14.9. The molecule has 13 nitrogen and oxygen atoms in total. The molecule has 6 rings (SSSR count). The van der Waals surface area contributed by atoms with Gasteiger partial charge in [-0.3, -0.25) is 4.90 Å². The number of likely N-dealkylation sites (tertiary alicyclic amines) is 1. The second-order valence-electron chi connectivity index (χ2n) is 10.5. The van der Waals surface area contributed by atoms with Crippen LogP contribution in [0.5, 0.6) is 11.5 Å². The van der Waals surface area contributed by atoms with Gasteiger partial charge in [0.05, 0.1) is 18.5 Å². The molecule has 1 fully saturated rings. The van der Waals surface area contributed by atoms with Crippen molar-refractivity contribution >= 4 is 12.4 Å². The highest BCUT2D eigenvalue weighted by molar-refractivity contribution is 5.81. The monoisotopic (exact) mass is 577 g/mol. The molecule has 218 valence electrons. The number of aromatic hydroxyl groups is 2. The number of aryl methyl sites for hydroxylation is 2. The molecule has 13 heteroatoms. The van der Waals surface area contributed by atoms with E-state index >= 15 is 0 Å². The van der Waals surface area contributed by atoms with Crippen molar-refractivity contribution in [2.75, 3.05) is 13.1 Å². The van der Waals surface area contributed by atoms with Crippen molar-refractivity contribution in [2.24, 2.45) is 10.2 Å². The number of phenolic OH excluding ortho intramolecular Hbond substituents is 2. The molecule has 0 aliphatic carbocycles. The van der Waals surface area contributed by atoms with Crippen LogP contribution in [0.4, 0.5) is 0 Å². The highest BCUT2D eigenvalue weighted by Crippen LogP contribution is 2.41. The van der Waals surface area contributed by atoms with Crippen LogP contribution in [-0.2, 0) is 0 Å². The van der Waals surface area contributed by atoms with Gasteiger partial charge in [0.25, 0.3) is 0 Å². The molecule has 0 unspecified atom stereocenters. The van der Waals surface area contributed by atoms with E-state index < -0.39 is 6.04 Å². The van der Waals surface area contributed by atoms with Gasteiger partial charge in [-0.15, -0.1) is 19.8 Å². The molecule has 3 aromatic carbocycles. The Morgan fingerprint density at radius 1 is 0.744 bits per heavy atom. The van der Waals surface area contributed by atoms with E-state index in [4.69, 9.17) is 0 Å². The molecule has 1 aliphatic rings. The van der Waals surface area contributed by atoms with Crippen LogP contribution in [0.1, 0.15) is 64.3 Å². The van der Waals surface area contributed by atoms with Crippen molar-refractivity contribution in [3.05, 3.63) is 106 Å². The average Bonchev–Trinajstić information content (AvgIpc) is 3.65. The summed E-state index contributed by atoms with van der Waals surface area (Å²) in [5.74, 6) is 1.78. The largest absolute Gasteiger partial charge is 0.508 e. The van der Waals surface area contributed by atoms with Crippen LogP contribution in [-0.4, -0.2) is 81.3 Å². The molecule has 1 aliphatic heterocycles. The summed E-state index contributed by atoms with van der Waals surface area (Å²) >= 11 is 0. The van der Waals surface area contributed by atoms with Gasteiger partial charge in [-0.2, -0.15) is 10.2 Å². The fourth-order valence-corrected chi connectivity index (χ4v) is 5.43. The molecule has 0 spiro atoms. The van der Waals surface area contributed by atoms with Gasteiger partial charge in [-0.1, -0.05) is 30.3 Å². The molecule has 2 aromatic heterocycles. The quantitative estimate of drug-likeness (QED) is 0.264. The highest BCUT2D eigenvalue weighted by Gasteiger charge is 2.31. The number of rotatable bonds is 8. The lowest BCUT2D eigenvalue weighted by Crippen LogP contribution is -2.37. The second-order valence-corrected chi connectivity index (χ2v) is 10.5. The van der Waals surface area contributed by atoms with Gasteiger partial charge in [0.1, 0.15) is 11.5 Å². The maximum absolute atomic E-state index is 11.2. The van der Waals surface area contributed by atoms with E-state index in [2.05, 4.69) is 70.4 Å². The third-order valence-corrected chi connectivity index (χ3v) is 7.70. The summed E-state index contributed by atoms with van der Waals surface area (Å²) in [7, 11) is 0. The predicted octanol–water partition coefficient (Wildman–Crippen LogP) is 3.42. The van der Waals surface area contributed by atoms with Crippen molar-refractivity contribution in [3.63, 3.8) is 0 Å². The first-order chi connectivity index (χ1) is 21.0. The van der Waals surface area contributed by atoms with Crippen molar-refractivity contribution in [3.8, 4) is 11.5 Å². The average molecular weight is 578 g/mol. The molecule has 3 heterocycles. The Kier molecular flexibility index (Phi) is 7.96. The van der Waals surface area contributed by atoms with E-state index in [0.717, 1.165) is 37.1 Å². The minimum atomic E-state index is -0.442. The van der Waals surface area contributed by atoms with E-state index in [1.165, 1.54) is 15.1 Å². The SMILES string of the molecule is Cc1nnnn1/N=C/c1ccc(O)c(C(c2cc(/C=N/n3nnnc3C)ccc2O)N2CCC(c3ccccc3)CC2)c1. The molecule has 0 saturated carbocycles. The van der Waals surface area contributed by atoms with Crippen LogP contribution in [0.2, 0.25) is 0 Å². The van der Waals surface area contributed by atoms with Crippen LogP contribution < -0.4 is 0 Å². The van der Waals surface area contributed by atoms with Gasteiger partial charge in [0, 0.05) is 11.1 Å². The Morgan fingerprint density at radius 3 is 1.72 bits per heavy atom. The van der Waals surface area contributed by atoms with Crippen LogP contribution in [0.15, 0.2) is 76.9 Å². The lowest BCUT2D eigenvalue weighted by Gasteiger charge is -2.38. The summed E-state index contributed by atoms with van der Waals surface area (Å²) < 4.78 is 0. The molecule has 2 N–H and O–H groups in total. The Labute approximate surface area is 247 Å². The Balaban J connectivity index is 1.37. The Morgan fingerprint density at radius 2 is 1.26 bits per heavy atom. The van der Waals surface area contributed by atoms with Gasteiger partial charge < -0.3 is 10.2 Å². The number of benzene rings is 3. The first-order valence-electron chi connectivity index (χ1n) is 14.0. The lowest BCUT2D eigenvalue weighted by molar-refractivity contribution is 0.170. The summed E-state index contributed by atoms with van der Waals surface area (Å²) in [6.45, 7) is 5.06. The zero-order valence-corrected chi connectivity index (χ0v) is 23.8. The van der Waals surface area contributed by atoms with Gasteiger partial charge >= 0.3 is 0 Å².